The third-order valence-corrected chi connectivity index (χ3v) is 5.57. The highest BCUT2D eigenvalue weighted by Gasteiger charge is 2.14. The highest BCUT2D eigenvalue weighted by atomic mass is 35.5. The highest BCUT2D eigenvalue weighted by Crippen LogP contribution is 2.27. The minimum Gasteiger partial charge on any atom is -0.492 e. The lowest BCUT2D eigenvalue weighted by molar-refractivity contribution is -0.116. The van der Waals surface area contributed by atoms with Crippen molar-refractivity contribution in [2.45, 2.75) is 38.6 Å². The Morgan fingerprint density at radius 3 is 2.81 bits per heavy atom. The van der Waals surface area contributed by atoms with Crippen LogP contribution in [-0.2, 0) is 11.3 Å². The second-order valence-electron chi connectivity index (χ2n) is 6.41. The first-order valence-electron chi connectivity index (χ1n) is 9.02. The summed E-state index contributed by atoms with van der Waals surface area (Å²) in [5.41, 5.74) is 0. The van der Waals surface area contributed by atoms with E-state index in [0.717, 1.165) is 24.6 Å². The number of hydrogen-bond donors (Lipinski definition) is 1. The average molecular weight is 429 g/mol. The molecule has 1 N–H and O–H groups in total. The van der Waals surface area contributed by atoms with Crippen molar-refractivity contribution in [3.63, 3.8) is 0 Å². The zero-order valence-corrected chi connectivity index (χ0v) is 17.2. The smallest absolute Gasteiger partial charge is 0.226 e. The van der Waals surface area contributed by atoms with E-state index in [-0.39, 0.29) is 5.91 Å². The van der Waals surface area contributed by atoms with Crippen LogP contribution in [0.3, 0.4) is 0 Å². The van der Waals surface area contributed by atoms with E-state index in [0.29, 0.717) is 40.4 Å². The zero-order chi connectivity index (χ0) is 19.1. The quantitative estimate of drug-likeness (QED) is 0.620. The number of nitrogens with one attached hydrogen (secondary N) is 1. The van der Waals surface area contributed by atoms with Gasteiger partial charge < -0.3 is 10.1 Å². The Morgan fingerprint density at radius 2 is 2.04 bits per heavy atom. The monoisotopic (exact) mass is 428 g/mol. The Kier molecular flexibility index (Phi) is 7.70. The Hall–Kier alpha value is -1.41. The molecule has 0 spiro atoms. The van der Waals surface area contributed by atoms with Crippen LogP contribution in [-0.4, -0.2) is 40.7 Å². The maximum atomic E-state index is 12.1. The van der Waals surface area contributed by atoms with Gasteiger partial charge >= 0.3 is 0 Å². The summed E-state index contributed by atoms with van der Waals surface area (Å²) in [5.74, 6) is 0.467. The number of hydrogen-bond acceptors (Lipinski definition) is 6. The predicted molar refractivity (Wildman–Crippen MR) is 109 cm³/mol. The molecule has 0 unspecified atom stereocenters. The first kappa shape index (κ1) is 20.3. The number of benzene rings is 1. The van der Waals surface area contributed by atoms with Crippen LogP contribution in [0.15, 0.2) is 18.2 Å². The summed E-state index contributed by atoms with van der Waals surface area (Å²) in [7, 11) is 0. The standard InChI is InChI=1S/C18H22Cl2N4O2S/c19-13-6-7-15(14(20)11-13)26-10-4-5-16(25)21-18-23-22-17(27-18)12-24-8-2-1-3-9-24/h6-7,11H,1-5,8-10,12H2,(H,21,23,25). The van der Waals surface area contributed by atoms with Gasteiger partial charge in [0, 0.05) is 11.4 Å². The van der Waals surface area contributed by atoms with Gasteiger partial charge in [-0.05, 0) is 50.6 Å². The number of rotatable bonds is 8. The molecule has 146 valence electrons. The lowest BCUT2D eigenvalue weighted by Crippen LogP contribution is -2.28. The van der Waals surface area contributed by atoms with Crippen molar-refractivity contribution in [3.8, 4) is 5.75 Å². The molecule has 2 heterocycles. The molecule has 1 aliphatic heterocycles. The number of aromatic nitrogens is 2. The van der Waals surface area contributed by atoms with Gasteiger partial charge in [-0.25, -0.2) is 0 Å². The molecule has 1 saturated heterocycles. The van der Waals surface area contributed by atoms with Crippen molar-refractivity contribution in [1.82, 2.24) is 15.1 Å². The molecule has 1 aliphatic rings. The number of likely N-dealkylation sites (tertiary alicyclic amines) is 1. The molecular weight excluding hydrogens is 407 g/mol. The van der Waals surface area contributed by atoms with E-state index in [2.05, 4.69) is 20.4 Å². The highest BCUT2D eigenvalue weighted by molar-refractivity contribution is 7.15. The summed E-state index contributed by atoms with van der Waals surface area (Å²) in [6, 6.07) is 5.06. The molecule has 1 amide bonds. The van der Waals surface area contributed by atoms with Crippen molar-refractivity contribution < 1.29 is 9.53 Å². The van der Waals surface area contributed by atoms with Crippen molar-refractivity contribution in [3.05, 3.63) is 33.3 Å². The number of ether oxygens (including phenoxy) is 1. The Morgan fingerprint density at radius 1 is 1.22 bits per heavy atom. The average Bonchev–Trinajstić information content (AvgIpc) is 3.08. The molecule has 6 nitrogen and oxygen atoms in total. The van der Waals surface area contributed by atoms with E-state index in [9.17, 15) is 4.79 Å². The van der Waals surface area contributed by atoms with Gasteiger partial charge in [0.05, 0.1) is 18.2 Å². The van der Waals surface area contributed by atoms with Crippen molar-refractivity contribution in [2.75, 3.05) is 25.0 Å². The number of amides is 1. The Labute approximate surface area is 172 Å². The topological polar surface area (TPSA) is 67.3 Å². The molecular formula is C18H22Cl2N4O2S. The zero-order valence-electron chi connectivity index (χ0n) is 14.9. The third kappa shape index (κ3) is 6.60. The fraction of sp³-hybridized carbons (Fsp3) is 0.500. The fourth-order valence-electron chi connectivity index (χ4n) is 2.87. The van der Waals surface area contributed by atoms with Crippen LogP contribution >= 0.6 is 34.5 Å². The van der Waals surface area contributed by atoms with E-state index >= 15 is 0 Å². The van der Waals surface area contributed by atoms with E-state index < -0.39 is 0 Å². The van der Waals surface area contributed by atoms with Crippen LogP contribution in [0.25, 0.3) is 0 Å². The molecule has 0 atom stereocenters. The molecule has 0 aliphatic carbocycles. The molecule has 0 saturated carbocycles. The number of anilines is 1. The van der Waals surface area contributed by atoms with Crippen LogP contribution < -0.4 is 10.1 Å². The van der Waals surface area contributed by atoms with Crippen molar-refractivity contribution >= 4 is 45.6 Å². The molecule has 9 heteroatoms. The second-order valence-corrected chi connectivity index (χ2v) is 8.32. The van der Waals surface area contributed by atoms with Crippen molar-refractivity contribution in [1.29, 1.82) is 0 Å². The van der Waals surface area contributed by atoms with Gasteiger partial charge in [-0.1, -0.05) is 41.0 Å². The Bertz CT molecular complexity index is 766. The largest absolute Gasteiger partial charge is 0.492 e. The van der Waals surface area contributed by atoms with Gasteiger partial charge in [0.1, 0.15) is 10.8 Å². The second kappa shape index (κ2) is 10.2. The lowest BCUT2D eigenvalue weighted by atomic mass is 10.1. The SMILES string of the molecule is O=C(CCCOc1ccc(Cl)cc1Cl)Nc1nnc(CN2CCCCC2)s1. The van der Waals surface area contributed by atoms with E-state index in [1.54, 1.807) is 18.2 Å². The van der Waals surface area contributed by atoms with Gasteiger partial charge in [-0.3, -0.25) is 9.69 Å². The first-order chi connectivity index (χ1) is 13.1. The number of carbonyl (C=O) groups excluding carboxylic acids is 1. The summed E-state index contributed by atoms with van der Waals surface area (Å²) in [6.45, 7) is 3.42. The summed E-state index contributed by atoms with van der Waals surface area (Å²) < 4.78 is 5.58. The molecule has 3 rings (SSSR count). The molecule has 1 aromatic heterocycles. The van der Waals surface area contributed by atoms with E-state index in [1.807, 2.05) is 0 Å². The fourth-order valence-corrected chi connectivity index (χ4v) is 4.13. The van der Waals surface area contributed by atoms with Gasteiger partial charge in [0.15, 0.2) is 0 Å². The van der Waals surface area contributed by atoms with Gasteiger partial charge in [-0.15, -0.1) is 10.2 Å². The molecule has 0 bridgehead atoms. The lowest BCUT2D eigenvalue weighted by Gasteiger charge is -2.24. The van der Waals surface area contributed by atoms with Crippen LogP contribution in [0.1, 0.15) is 37.1 Å². The number of halogens is 2. The molecule has 0 radical (unpaired) electrons. The van der Waals surface area contributed by atoms with Crippen LogP contribution in [0.5, 0.6) is 5.75 Å². The van der Waals surface area contributed by atoms with Crippen LogP contribution in [0, 0.1) is 0 Å². The summed E-state index contributed by atoms with van der Waals surface area (Å²) in [5, 5.41) is 13.6. The van der Waals surface area contributed by atoms with Crippen LogP contribution in [0.2, 0.25) is 10.0 Å². The van der Waals surface area contributed by atoms with E-state index in [4.69, 9.17) is 27.9 Å². The summed E-state index contributed by atoms with van der Waals surface area (Å²) in [6.07, 6.45) is 4.70. The minimum atomic E-state index is -0.0959. The first-order valence-corrected chi connectivity index (χ1v) is 10.6. The molecule has 2 aromatic rings. The molecule has 1 fully saturated rings. The molecule has 1 aromatic carbocycles. The third-order valence-electron chi connectivity index (χ3n) is 4.22. The predicted octanol–water partition coefficient (Wildman–Crippen LogP) is 4.63. The van der Waals surface area contributed by atoms with Crippen molar-refractivity contribution in [2.24, 2.45) is 0 Å². The minimum absolute atomic E-state index is 0.0959. The van der Waals surface area contributed by atoms with Gasteiger partial charge in [-0.2, -0.15) is 0 Å². The van der Waals surface area contributed by atoms with Crippen LogP contribution in [0.4, 0.5) is 5.13 Å². The van der Waals surface area contributed by atoms with E-state index in [1.165, 1.54) is 30.6 Å². The van der Waals surface area contributed by atoms with Gasteiger partial charge in [0.2, 0.25) is 11.0 Å². The number of nitrogens with zero attached hydrogens (tertiary/aromatic N) is 3. The van der Waals surface area contributed by atoms with Gasteiger partial charge in [0.25, 0.3) is 0 Å². The number of carbonyl (C=O) groups is 1. The summed E-state index contributed by atoms with van der Waals surface area (Å²) in [4.78, 5) is 14.4. The maximum absolute atomic E-state index is 12.1. The molecule has 27 heavy (non-hydrogen) atoms. The summed E-state index contributed by atoms with van der Waals surface area (Å²) >= 11 is 13.3. The maximum Gasteiger partial charge on any atom is 0.226 e. The normalized spacial score (nSPS) is 14.9. The number of piperidine rings is 1. The Balaban J connectivity index is 1.36.